The van der Waals surface area contributed by atoms with Crippen molar-refractivity contribution < 1.29 is 18.0 Å². The van der Waals surface area contributed by atoms with E-state index in [1.165, 1.54) is 12.1 Å². The standard InChI is InChI=1S/C12H11F3N4O/c1-7-16-11(19-18-7)17-10(20)6-8-3-2-4-9(5-8)12(13,14)15/h2-5H,6H2,1H3,(H2,16,17,18,19,20). The molecule has 1 aromatic heterocycles. The molecule has 2 N–H and O–H groups in total. The number of amides is 1. The first-order valence-corrected chi connectivity index (χ1v) is 5.69. The Bertz CT molecular complexity index is 621. The van der Waals surface area contributed by atoms with Gasteiger partial charge in [-0.2, -0.15) is 18.2 Å². The monoisotopic (exact) mass is 284 g/mol. The smallest absolute Gasteiger partial charge is 0.293 e. The van der Waals surface area contributed by atoms with Crippen molar-refractivity contribution in [2.24, 2.45) is 0 Å². The first kappa shape index (κ1) is 14.0. The minimum atomic E-state index is -4.42. The number of rotatable bonds is 3. The van der Waals surface area contributed by atoms with Crippen LogP contribution in [0, 0.1) is 6.92 Å². The zero-order valence-electron chi connectivity index (χ0n) is 10.5. The number of aromatic nitrogens is 3. The number of alkyl halides is 3. The van der Waals surface area contributed by atoms with Gasteiger partial charge in [-0.05, 0) is 18.6 Å². The largest absolute Gasteiger partial charge is 0.416 e. The molecule has 0 aliphatic heterocycles. The Kier molecular flexibility index (Phi) is 3.73. The van der Waals surface area contributed by atoms with Gasteiger partial charge in [-0.15, -0.1) is 5.10 Å². The maximum Gasteiger partial charge on any atom is 0.416 e. The summed E-state index contributed by atoms with van der Waals surface area (Å²) < 4.78 is 37.6. The van der Waals surface area contributed by atoms with Crippen molar-refractivity contribution in [3.8, 4) is 0 Å². The minimum Gasteiger partial charge on any atom is -0.293 e. The molecule has 0 aliphatic carbocycles. The van der Waals surface area contributed by atoms with Crippen LogP contribution in [0.15, 0.2) is 24.3 Å². The summed E-state index contributed by atoms with van der Waals surface area (Å²) in [4.78, 5) is 15.5. The quantitative estimate of drug-likeness (QED) is 0.908. The fourth-order valence-electron chi connectivity index (χ4n) is 1.61. The van der Waals surface area contributed by atoms with E-state index < -0.39 is 17.6 Å². The third-order valence-electron chi connectivity index (χ3n) is 2.47. The van der Waals surface area contributed by atoms with Crippen LogP contribution in [0.2, 0.25) is 0 Å². The summed E-state index contributed by atoms with van der Waals surface area (Å²) in [5, 5.41) is 8.64. The summed E-state index contributed by atoms with van der Waals surface area (Å²) in [6.45, 7) is 1.66. The molecule has 0 unspecified atom stereocenters. The number of hydrogen-bond donors (Lipinski definition) is 2. The third kappa shape index (κ3) is 3.56. The SMILES string of the molecule is Cc1nc(NC(=O)Cc2cccc(C(F)(F)F)c2)n[nH]1. The minimum absolute atomic E-state index is 0.0967. The molecule has 2 rings (SSSR count). The maximum absolute atomic E-state index is 12.5. The fourth-order valence-corrected chi connectivity index (χ4v) is 1.61. The Labute approximate surface area is 112 Å². The molecule has 0 fully saturated rings. The number of nitrogens with zero attached hydrogens (tertiary/aromatic N) is 2. The number of H-pyrrole nitrogens is 1. The molecular formula is C12H11F3N4O. The fraction of sp³-hybridized carbons (Fsp3) is 0.250. The number of aryl methyl sites for hydroxylation is 1. The lowest BCUT2D eigenvalue weighted by Gasteiger charge is -2.08. The highest BCUT2D eigenvalue weighted by molar-refractivity contribution is 5.90. The highest BCUT2D eigenvalue weighted by atomic mass is 19.4. The highest BCUT2D eigenvalue weighted by Crippen LogP contribution is 2.29. The van der Waals surface area contributed by atoms with Crippen molar-refractivity contribution in [3.63, 3.8) is 0 Å². The molecule has 8 heteroatoms. The topological polar surface area (TPSA) is 70.7 Å². The predicted octanol–water partition coefficient (Wildman–Crippen LogP) is 2.31. The van der Waals surface area contributed by atoms with Crippen molar-refractivity contribution in [1.29, 1.82) is 0 Å². The van der Waals surface area contributed by atoms with E-state index in [1.807, 2.05) is 0 Å². The van der Waals surface area contributed by atoms with Crippen molar-refractivity contribution in [2.75, 3.05) is 5.32 Å². The van der Waals surface area contributed by atoms with Crippen LogP contribution in [-0.2, 0) is 17.4 Å². The molecule has 5 nitrogen and oxygen atoms in total. The number of anilines is 1. The summed E-state index contributed by atoms with van der Waals surface area (Å²) >= 11 is 0. The second kappa shape index (κ2) is 5.32. The van der Waals surface area contributed by atoms with Gasteiger partial charge >= 0.3 is 6.18 Å². The van der Waals surface area contributed by atoms with Gasteiger partial charge in [-0.25, -0.2) is 0 Å². The maximum atomic E-state index is 12.5. The molecule has 2 aromatic rings. The Hall–Kier alpha value is -2.38. The first-order chi connectivity index (χ1) is 9.34. The van der Waals surface area contributed by atoms with Gasteiger partial charge in [0.05, 0.1) is 12.0 Å². The van der Waals surface area contributed by atoms with E-state index in [9.17, 15) is 18.0 Å². The van der Waals surface area contributed by atoms with Crippen molar-refractivity contribution in [3.05, 3.63) is 41.2 Å². The lowest BCUT2D eigenvalue weighted by Crippen LogP contribution is -2.16. The molecule has 20 heavy (non-hydrogen) atoms. The van der Waals surface area contributed by atoms with Crippen LogP contribution in [0.25, 0.3) is 0 Å². The molecule has 1 heterocycles. The second-order valence-corrected chi connectivity index (χ2v) is 4.17. The van der Waals surface area contributed by atoms with Crippen LogP contribution in [-0.4, -0.2) is 21.1 Å². The zero-order valence-corrected chi connectivity index (χ0v) is 10.5. The predicted molar refractivity (Wildman–Crippen MR) is 64.9 cm³/mol. The van der Waals surface area contributed by atoms with E-state index in [0.717, 1.165) is 12.1 Å². The van der Waals surface area contributed by atoms with Gasteiger partial charge in [0.1, 0.15) is 5.82 Å². The molecule has 1 amide bonds. The van der Waals surface area contributed by atoms with Crippen molar-refractivity contribution in [2.45, 2.75) is 19.5 Å². The van der Waals surface area contributed by atoms with E-state index in [4.69, 9.17) is 0 Å². The summed E-state index contributed by atoms with van der Waals surface area (Å²) in [5.74, 6) is 0.141. The van der Waals surface area contributed by atoms with Gasteiger partial charge in [-0.3, -0.25) is 15.2 Å². The van der Waals surface area contributed by atoms with E-state index in [1.54, 1.807) is 6.92 Å². The Morgan fingerprint density at radius 1 is 1.40 bits per heavy atom. The van der Waals surface area contributed by atoms with Gasteiger partial charge in [0.2, 0.25) is 11.9 Å². The van der Waals surface area contributed by atoms with Gasteiger partial charge < -0.3 is 0 Å². The molecular weight excluding hydrogens is 273 g/mol. The van der Waals surface area contributed by atoms with Crippen molar-refractivity contribution in [1.82, 2.24) is 15.2 Å². The molecule has 106 valence electrons. The lowest BCUT2D eigenvalue weighted by atomic mass is 10.1. The highest BCUT2D eigenvalue weighted by Gasteiger charge is 2.30. The number of hydrogen-bond acceptors (Lipinski definition) is 3. The van der Waals surface area contributed by atoms with Gasteiger partial charge in [0, 0.05) is 0 Å². The van der Waals surface area contributed by atoms with E-state index >= 15 is 0 Å². The van der Waals surface area contributed by atoms with Crippen molar-refractivity contribution >= 4 is 11.9 Å². The van der Waals surface area contributed by atoms with Crippen LogP contribution in [0.1, 0.15) is 17.0 Å². The average molecular weight is 284 g/mol. The lowest BCUT2D eigenvalue weighted by molar-refractivity contribution is -0.137. The summed E-state index contributed by atoms with van der Waals surface area (Å²) in [6, 6.07) is 4.63. The van der Waals surface area contributed by atoms with E-state index in [2.05, 4.69) is 20.5 Å². The van der Waals surface area contributed by atoms with E-state index in [-0.39, 0.29) is 17.9 Å². The Morgan fingerprint density at radius 3 is 2.75 bits per heavy atom. The first-order valence-electron chi connectivity index (χ1n) is 5.69. The Balaban J connectivity index is 2.04. The molecule has 0 spiro atoms. The molecule has 0 bridgehead atoms. The van der Waals surface area contributed by atoms with Crippen LogP contribution in [0.3, 0.4) is 0 Å². The van der Waals surface area contributed by atoms with Gasteiger partial charge in [0.15, 0.2) is 0 Å². The van der Waals surface area contributed by atoms with E-state index in [0.29, 0.717) is 5.82 Å². The number of carbonyl (C=O) groups excluding carboxylic acids is 1. The number of nitrogens with one attached hydrogen (secondary N) is 2. The molecule has 0 atom stereocenters. The number of carbonyl (C=O) groups is 1. The number of benzene rings is 1. The third-order valence-corrected chi connectivity index (χ3v) is 2.47. The van der Waals surface area contributed by atoms with Crippen LogP contribution < -0.4 is 5.32 Å². The molecule has 0 radical (unpaired) electrons. The molecule has 1 aromatic carbocycles. The second-order valence-electron chi connectivity index (χ2n) is 4.17. The molecule has 0 saturated carbocycles. The number of aromatic amines is 1. The van der Waals surface area contributed by atoms with Crippen LogP contribution in [0.5, 0.6) is 0 Å². The molecule has 0 aliphatic rings. The molecule has 0 saturated heterocycles. The van der Waals surface area contributed by atoms with Gasteiger partial charge in [0.25, 0.3) is 0 Å². The Morgan fingerprint density at radius 2 is 2.15 bits per heavy atom. The number of halogens is 3. The van der Waals surface area contributed by atoms with Gasteiger partial charge in [-0.1, -0.05) is 18.2 Å². The van der Waals surface area contributed by atoms with Crippen LogP contribution in [0.4, 0.5) is 19.1 Å². The summed E-state index contributed by atoms with van der Waals surface area (Å²) in [5.41, 5.74) is -0.513. The average Bonchev–Trinajstić information content (AvgIpc) is 2.73. The zero-order chi connectivity index (χ0) is 14.8. The normalized spacial score (nSPS) is 11.4. The van der Waals surface area contributed by atoms with Crippen LogP contribution >= 0.6 is 0 Å². The summed E-state index contributed by atoms with van der Waals surface area (Å²) in [7, 11) is 0. The summed E-state index contributed by atoms with van der Waals surface area (Å²) in [6.07, 6.45) is -4.61.